The van der Waals surface area contributed by atoms with Gasteiger partial charge in [0.15, 0.2) is 0 Å². The zero-order chi connectivity index (χ0) is 23.5. The molecule has 0 aliphatic carbocycles. The molecule has 34 heavy (non-hydrogen) atoms. The van der Waals surface area contributed by atoms with E-state index in [0.29, 0.717) is 23.1 Å². The SMILES string of the molecule is Cc1ncn(-c2cc(Oc3ccc(NC(=O)Nc4ccc5ccccc5c4)cc3)ncn2)c1C. The van der Waals surface area contributed by atoms with Crippen molar-refractivity contribution in [2.75, 3.05) is 10.6 Å². The number of carbonyl (C=O) groups is 1. The minimum atomic E-state index is -0.324. The molecule has 3 aromatic carbocycles. The quantitative estimate of drug-likeness (QED) is 0.349. The Balaban J connectivity index is 1.23. The van der Waals surface area contributed by atoms with Crippen LogP contribution in [0.15, 0.2) is 85.5 Å². The predicted molar refractivity (Wildman–Crippen MR) is 132 cm³/mol. The van der Waals surface area contributed by atoms with Crippen molar-refractivity contribution in [3.8, 4) is 17.4 Å². The van der Waals surface area contributed by atoms with Crippen LogP contribution < -0.4 is 15.4 Å². The topological polar surface area (TPSA) is 94.0 Å². The molecule has 0 aliphatic heterocycles. The molecule has 0 spiro atoms. The van der Waals surface area contributed by atoms with Gasteiger partial charge in [0, 0.05) is 23.1 Å². The van der Waals surface area contributed by atoms with E-state index in [1.54, 1.807) is 36.7 Å². The second-order valence-electron chi connectivity index (χ2n) is 7.77. The number of fused-ring (bicyclic) bond motifs is 1. The predicted octanol–water partition coefficient (Wildman–Crippen LogP) is 5.87. The van der Waals surface area contributed by atoms with Gasteiger partial charge >= 0.3 is 6.03 Å². The minimum Gasteiger partial charge on any atom is -0.439 e. The van der Waals surface area contributed by atoms with Crippen molar-refractivity contribution in [3.05, 3.63) is 96.8 Å². The summed E-state index contributed by atoms with van der Waals surface area (Å²) in [6.45, 7) is 3.93. The number of nitrogens with zero attached hydrogens (tertiary/aromatic N) is 4. The Morgan fingerprint density at radius 1 is 0.824 bits per heavy atom. The van der Waals surface area contributed by atoms with Crippen LogP contribution in [0.3, 0.4) is 0 Å². The normalized spacial score (nSPS) is 10.8. The fraction of sp³-hybridized carbons (Fsp3) is 0.0769. The second-order valence-corrected chi connectivity index (χ2v) is 7.77. The number of ether oxygens (including phenoxy) is 1. The number of hydrogen-bond acceptors (Lipinski definition) is 5. The Hall–Kier alpha value is -4.72. The molecule has 0 aliphatic rings. The van der Waals surface area contributed by atoms with Crippen LogP contribution in [0.25, 0.3) is 16.6 Å². The van der Waals surface area contributed by atoms with E-state index >= 15 is 0 Å². The molecule has 2 heterocycles. The fourth-order valence-electron chi connectivity index (χ4n) is 3.53. The maximum Gasteiger partial charge on any atom is 0.323 e. The highest BCUT2D eigenvalue weighted by Crippen LogP contribution is 2.24. The van der Waals surface area contributed by atoms with E-state index in [2.05, 4.69) is 25.6 Å². The summed E-state index contributed by atoms with van der Waals surface area (Å²) < 4.78 is 7.75. The van der Waals surface area contributed by atoms with Crippen LogP contribution in [0.2, 0.25) is 0 Å². The van der Waals surface area contributed by atoms with Gasteiger partial charge in [-0.1, -0.05) is 30.3 Å². The molecule has 0 bridgehead atoms. The van der Waals surface area contributed by atoms with Crippen molar-refractivity contribution in [2.45, 2.75) is 13.8 Å². The molecule has 0 saturated carbocycles. The lowest BCUT2D eigenvalue weighted by atomic mass is 10.1. The van der Waals surface area contributed by atoms with Gasteiger partial charge in [-0.25, -0.2) is 19.7 Å². The lowest BCUT2D eigenvalue weighted by Gasteiger charge is -2.10. The monoisotopic (exact) mass is 450 g/mol. The van der Waals surface area contributed by atoms with E-state index in [0.717, 1.165) is 27.8 Å². The zero-order valence-corrected chi connectivity index (χ0v) is 18.7. The van der Waals surface area contributed by atoms with Crippen molar-refractivity contribution >= 4 is 28.2 Å². The largest absolute Gasteiger partial charge is 0.439 e. The van der Waals surface area contributed by atoms with Crippen LogP contribution in [0.4, 0.5) is 16.2 Å². The van der Waals surface area contributed by atoms with Crippen LogP contribution >= 0.6 is 0 Å². The molecule has 0 atom stereocenters. The van der Waals surface area contributed by atoms with Gasteiger partial charge in [-0.15, -0.1) is 0 Å². The first-order valence-electron chi connectivity index (χ1n) is 10.7. The number of anilines is 2. The van der Waals surface area contributed by atoms with Gasteiger partial charge in [-0.3, -0.25) is 4.57 Å². The second kappa shape index (κ2) is 9.03. The molecular weight excluding hydrogens is 428 g/mol. The van der Waals surface area contributed by atoms with Crippen LogP contribution in [0.1, 0.15) is 11.4 Å². The van der Waals surface area contributed by atoms with Gasteiger partial charge in [0.25, 0.3) is 0 Å². The fourth-order valence-corrected chi connectivity index (χ4v) is 3.53. The Morgan fingerprint density at radius 3 is 2.32 bits per heavy atom. The molecule has 8 nitrogen and oxygen atoms in total. The van der Waals surface area contributed by atoms with Crippen LogP contribution in [-0.2, 0) is 0 Å². The standard InChI is InChI=1S/C26H22N6O2/c1-17-18(2)32(16-29-17)24-14-25(28-15-27-24)34-23-11-9-21(10-12-23)30-26(33)31-22-8-7-19-5-3-4-6-20(19)13-22/h3-16H,1-2H3,(H2,30,31,33). The molecule has 0 fully saturated rings. The third-order valence-electron chi connectivity index (χ3n) is 5.47. The molecule has 5 rings (SSSR count). The van der Waals surface area contributed by atoms with Crippen molar-refractivity contribution < 1.29 is 9.53 Å². The average molecular weight is 451 g/mol. The molecule has 8 heteroatoms. The maximum atomic E-state index is 12.4. The molecule has 2 amide bonds. The van der Waals surface area contributed by atoms with Gasteiger partial charge in [0.2, 0.25) is 5.88 Å². The molecule has 168 valence electrons. The molecule has 2 aromatic heterocycles. The summed E-state index contributed by atoms with van der Waals surface area (Å²) in [4.78, 5) is 25.2. The van der Waals surface area contributed by atoms with Gasteiger partial charge in [-0.05, 0) is 61.0 Å². The number of nitrogens with one attached hydrogen (secondary N) is 2. The number of aryl methyl sites for hydroxylation is 1. The van der Waals surface area contributed by atoms with Gasteiger partial charge < -0.3 is 15.4 Å². The van der Waals surface area contributed by atoms with E-state index < -0.39 is 0 Å². The lowest BCUT2D eigenvalue weighted by molar-refractivity contribution is 0.262. The number of amides is 2. The Morgan fingerprint density at radius 2 is 1.56 bits per heavy atom. The van der Waals surface area contributed by atoms with Crippen LogP contribution in [-0.4, -0.2) is 25.6 Å². The van der Waals surface area contributed by atoms with E-state index in [1.165, 1.54) is 6.33 Å². The number of benzene rings is 3. The summed E-state index contributed by atoms with van der Waals surface area (Å²) in [5.74, 6) is 1.67. The number of urea groups is 1. The number of imidazole rings is 1. The van der Waals surface area contributed by atoms with Crippen molar-refractivity contribution in [2.24, 2.45) is 0 Å². The summed E-state index contributed by atoms with van der Waals surface area (Å²) in [6.07, 6.45) is 3.17. The molecule has 0 radical (unpaired) electrons. The number of aromatic nitrogens is 4. The van der Waals surface area contributed by atoms with E-state index in [9.17, 15) is 4.79 Å². The van der Waals surface area contributed by atoms with Gasteiger partial charge in [0.1, 0.15) is 24.2 Å². The summed E-state index contributed by atoms with van der Waals surface area (Å²) in [6, 6.07) is 22.3. The molecular formula is C26H22N6O2. The van der Waals surface area contributed by atoms with Gasteiger partial charge in [0.05, 0.1) is 5.69 Å². The number of carbonyl (C=O) groups excluding carboxylic acids is 1. The van der Waals surface area contributed by atoms with E-state index in [-0.39, 0.29) is 6.03 Å². The summed E-state index contributed by atoms with van der Waals surface area (Å²) in [5.41, 5.74) is 3.30. The first kappa shape index (κ1) is 21.1. The molecule has 5 aromatic rings. The Labute approximate surface area is 196 Å². The Kier molecular flexibility index (Phi) is 5.61. The van der Waals surface area contributed by atoms with Gasteiger partial charge in [-0.2, -0.15) is 0 Å². The third-order valence-corrected chi connectivity index (χ3v) is 5.47. The zero-order valence-electron chi connectivity index (χ0n) is 18.7. The lowest BCUT2D eigenvalue weighted by Crippen LogP contribution is -2.19. The first-order valence-corrected chi connectivity index (χ1v) is 10.7. The summed E-state index contributed by atoms with van der Waals surface area (Å²) in [5, 5.41) is 7.87. The van der Waals surface area contributed by atoms with Crippen molar-refractivity contribution in [1.29, 1.82) is 0 Å². The van der Waals surface area contributed by atoms with Crippen LogP contribution in [0.5, 0.6) is 11.6 Å². The highest BCUT2D eigenvalue weighted by atomic mass is 16.5. The molecule has 0 unspecified atom stereocenters. The Bertz CT molecular complexity index is 1480. The van der Waals surface area contributed by atoms with Crippen LogP contribution in [0, 0.1) is 13.8 Å². The third kappa shape index (κ3) is 4.56. The molecule has 0 saturated heterocycles. The van der Waals surface area contributed by atoms with Crippen molar-refractivity contribution in [3.63, 3.8) is 0 Å². The summed E-state index contributed by atoms with van der Waals surface area (Å²) in [7, 11) is 0. The average Bonchev–Trinajstić information content (AvgIpc) is 3.18. The smallest absolute Gasteiger partial charge is 0.323 e. The van der Waals surface area contributed by atoms with E-state index in [4.69, 9.17) is 4.74 Å². The van der Waals surface area contributed by atoms with Crippen molar-refractivity contribution in [1.82, 2.24) is 19.5 Å². The number of rotatable bonds is 5. The highest BCUT2D eigenvalue weighted by molar-refractivity contribution is 6.01. The maximum absolute atomic E-state index is 12.4. The highest BCUT2D eigenvalue weighted by Gasteiger charge is 2.09. The summed E-state index contributed by atoms with van der Waals surface area (Å²) >= 11 is 0. The van der Waals surface area contributed by atoms with E-state index in [1.807, 2.05) is 60.9 Å². The number of hydrogen-bond donors (Lipinski definition) is 2. The minimum absolute atomic E-state index is 0.324. The first-order chi connectivity index (χ1) is 16.5. The molecule has 2 N–H and O–H groups in total.